The van der Waals surface area contributed by atoms with Crippen molar-refractivity contribution < 1.29 is 27.2 Å². The van der Waals surface area contributed by atoms with E-state index < -0.39 is 17.9 Å². The first-order valence-corrected chi connectivity index (χ1v) is 13.6. The van der Waals surface area contributed by atoms with Crippen LogP contribution in [-0.4, -0.2) is 40.5 Å². The lowest BCUT2D eigenvalue weighted by Gasteiger charge is -2.32. The summed E-state index contributed by atoms with van der Waals surface area (Å²) in [6, 6.07) is 20.2. The van der Waals surface area contributed by atoms with Crippen LogP contribution in [-0.2, 0) is 11.3 Å². The first kappa shape index (κ1) is 28.4. The monoisotopic (exact) mass is 565 g/mol. The molecule has 0 saturated carbocycles. The number of nitrogens with zero attached hydrogens (tertiary/aromatic N) is 2. The molecule has 2 amide bonds. The van der Waals surface area contributed by atoms with Gasteiger partial charge in [0.15, 0.2) is 0 Å². The van der Waals surface area contributed by atoms with E-state index in [0.29, 0.717) is 42.6 Å². The van der Waals surface area contributed by atoms with Crippen LogP contribution in [0.4, 0.5) is 17.6 Å². The fourth-order valence-corrected chi connectivity index (χ4v) is 5.72. The molecular formula is C32H31F4N3O2. The quantitative estimate of drug-likeness (QED) is 0.259. The fraction of sp³-hybridized carbons (Fsp3) is 0.312. The molecular weight excluding hydrogens is 534 g/mol. The molecule has 2 heterocycles. The van der Waals surface area contributed by atoms with Gasteiger partial charge in [0.25, 0.3) is 5.91 Å². The van der Waals surface area contributed by atoms with Crippen molar-refractivity contribution in [1.82, 2.24) is 14.8 Å². The molecule has 1 unspecified atom stereocenters. The Labute approximate surface area is 235 Å². The number of carbonyl (C=O) groups excluding carboxylic acids is 2. The van der Waals surface area contributed by atoms with Crippen molar-refractivity contribution in [3.8, 4) is 0 Å². The molecule has 214 valence electrons. The third-order valence-electron chi connectivity index (χ3n) is 7.98. The number of hydrogen-bond acceptors (Lipinski definition) is 2. The van der Waals surface area contributed by atoms with E-state index in [2.05, 4.69) is 23.6 Å². The molecule has 1 N–H and O–H groups in total. The average molecular weight is 566 g/mol. The van der Waals surface area contributed by atoms with E-state index in [4.69, 9.17) is 0 Å². The predicted octanol–water partition coefficient (Wildman–Crippen LogP) is 6.90. The zero-order valence-corrected chi connectivity index (χ0v) is 22.8. The molecule has 1 fully saturated rings. The van der Waals surface area contributed by atoms with Gasteiger partial charge in [-0.25, -0.2) is 4.39 Å². The number of fused-ring (bicyclic) bond motifs is 1. The summed E-state index contributed by atoms with van der Waals surface area (Å²) in [7, 11) is 0. The Kier molecular flexibility index (Phi) is 7.89. The smallest absolute Gasteiger partial charge is 0.344 e. The molecule has 5 rings (SSSR count). The van der Waals surface area contributed by atoms with Crippen molar-refractivity contribution >= 4 is 22.7 Å². The Morgan fingerprint density at radius 1 is 1.00 bits per heavy atom. The third kappa shape index (κ3) is 5.85. The summed E-state index contributed by atoms with van der Waals surface area (Å²) in [5, 5.41) is 2.71. The molecule has 0 aliphatic carbocycles. The number of rotatable bonds is 6. The van der Waals surface area contributed by atoms with Gasteiger partial charge in [-0.1, -0.05) is 60.7 Å². The van der Waals surface area contributed by atoms with Crippen LogP contribution >= 0.6 is 0 Å². The highest BCUT2D eigenvalue weighted by Crippen LogP contribution is 2.34. The van der Waals surface area contributed by atoms with Crippen LogP contribution in [0.2, 0.25) is 0 Å². The van der Waals surface area contributed by atoms with Crippen LogP contribution in [0, 0.1) is 12.7 Å². The second kappa shape index (κ2) is 11.4. The SMILES string of the molecule is Cc1cccc2c(C(=O)N3CCC(c4cc(CNC(=O)C(F)(F)F)ccc4F)CC3)cn(C(C)c3ccccc3)c12. The zero-order valence-electron chi connectivity index (χ0n) is 22.8. The van der Waals surface area contributed by atoms with Gasteiger partial charge in [-0.15, -0.1) is 0 Å². The number of benzene rings is 3. The molecule has 1 aliphatic rings. The number of piperidine rings is 1. The number of amides is 2. The molecule has 1 aliphatic heterocycles. The lowest BCUT2D eigenvalue weighted by atomic mass is 9.88. The lowest BCUT2D eigenvalue weighted by molar-refractivity contribution is -0.173. The van der Waals surface area contributed by atoms with Gasteiger partial charge in [-0.3, -0.25) is 9.59 Å². The van der Waals surface area contributed by atoms with Gasteiger partial charge < -0.3 is 14.8 Å². The van der Waals surface area contributed by atoms with E-state index in [1.54, 1.807) is 4.90 Å². The third-order valence-corrected chi connectivity index (χ3v) is 7.98. The number of aryl methyl sites for hydroxylation is 1. The van der Waals surface area contributed by atoms with Gasteiger partial charge in [0.1, 0.15) is 5.82 Å². The number of alkyl halides is 3. The summed E-state index contributed by atoms with van der Waals surface area (Å²) in [6.07, 6.45) is -2.02. The maximum absolute atomic E-state index is 14.7. The van der Waals surface area contributed by atoms with E-state index >= 15 is 0 Å². The molecule has 0 radical (unpaired) electrons. The topological polar surface area (TPSA) is 54.3 Å². The van der Waals surface area contributed by atoms with Crippen LogP contribution in [0.1, 0.15) is 64.3 Å². The van der Waals surface area contributed by atoms with Gasteiger partial charge in [0, 0.05) is 31.2 Å². The Balaban J connectivity index is 1.33. The number of nitrogens with one attached hydrogen (secondary N) is 1. The van der Waals surface area contributed by atoms with Crippen molar-refractivity contribution in [2.45, 2.75) is 51.4 Å². The minimum atomic E-state index is -4.98. The molecule has 5 nitrogen and oxygen atoms in total. The summed E-state index contributed by atoms with van der Waals surface area (Å²) >= 11 is 0. The van der Waals surface area contributed by atoms with Crippen molar-refractivity contribution in [2.75, 3.05) is 13.1 Å². The predicted molar refractivity (Wildman–Crippen MR) is 149 cm³/mol. The Morgan fingerprint density at radius 2 is 1.71 bits per heavy atom. The van der Waals surface area contributed by atoms with Crippen LogP contribution in [0.25, 0.3) is 10.9 Å². The summed E-state index contributed by atoms with van der Waals surface area (Å²) in [5.41, 5.74) is 4.62. The van der Waals surface area contributed by atoms with Crippen LogP contribution in [0.3, 0.4) is 0 Å². The standard InChI is InChI=1S/C32H31F4N3O2/c1-20-7-6-10-25-27(19-39(29(20)25)21(2)23-8-4-3-5-9-23)30(40)38-15-13-24(14-16-38)26-17-22(11-12-28(26)33)18-37-31(41)32(34,35)36/h3-12,17,19,21,24H,13-16,18H2,1-2H3,(H,37,41). The number of hydrogen-bond donors (Lipinski definition) is 1. The first-order valence-electron chi connectivity index (χ1n) is 13.6. The average Bonchev–Trinajstić information content (AvgIpc) is 3.37. The highest BCUT2D eigenvalue weighted by Gasteiger charge is 2.38. The summed E-state index contributed by atoms with van der Waals surface area (Å²) < 4.78 is 54.5. The normalized spacial score (nSPS) is 15.2. The van der Waals surface area contributed by atoms with Crippen molar-refractivity contribution in [1.29, 1.82) is 0 Å². The molecule has 1 aromatic heterocycles. The van der Waals surface area contributed by atoms with Gasteiger partial charge in [0.05, 0.1) is 17.1 Å². The molecule has 3 aromatic carbocycles. The van der Waals surface area contributed by atoms with Crippen LogP contribution in [0.15, 0.2) is 72.9 Å². The van der Waals surface area contributed by atoms with E-state index in [0.717, 1.165) is 22.0 Å². The largest absolute Gasteiger partial charge is 0.471 e. The highest BCUT2D eigenvalue weighted by molar-refractivity contribution is 6.07. The van der Waals surface area contributed by atoms with Gasteiger partial charge in [-0.05, 0) is 60.9 Å². The fourth-order valence-electron chi connectivity index (χ4n) is 5.72. The maximum Gasteiger partial charge on any atom is 0.471 e. The number of halogens is 4. The van der Waals surface area contributed by atoms with Crippen LogP contribution in [0.5, 0.6) is 0 Å². The minimum Gasteiger partial charge on any atom is -0.344 e. The summed E-state index contributed by atoms with van der Waals surface area (Å²) in [4.78, 5) is 26.8. The first-order chi connectivity index (χ1) is 19.5. The molecule has 0 bridgehead atoms. The minimum absolute atomic E-state index is 0.0169. The molecule has 1 saturated heterocycles. The highest BCUT2D eigenvalue weighted by atomic mass is 19.4. The number of likely N-dealkylation sites (tertiary alicyclic amines) is 1. The molecule has 1 atom stereocenters. The van der Waals surface area contributed by atoms with Crippen LogP contribution < -0.4 is 5.32 Å². The van der Waals surface area contributed by atoms with E-state index in [-0.39, 0.29) is 24.4 Å². The second-order valence-corrected chi connectivity index (χ2v) is 10.6. The molecule has 41 heavy (non-hydrogen) atoms. The molecule has 9 heteroatoms. The summed E-state index contributed by atoms with van der Waals surface area (Å²) in [5.74, 6) is -2.76. The molecule has 4 aromatic rings. The van der Waals surface area contributed by atoms with E-state index in [1.807, 2.05) is 54.8 Å². The Morgan fingerprint density at radius 3 is 2.39 bits per heavy atom. The van der Waals surface area contributed by atoms with Crippen molar-refractivity contribution in [3.05, 3.63) is 107 Å². The van der Waals surface area contributed by atoms with E-state index in [1.165, 1.54) is 18.2 Å². The van der Waals surface area contributed by atoms with Gasteiger partial charge in [-0.2, -0.15) is 13.2 Å². The van der Waals surface area contributed by atoms with Gasteiger partial charge >= 0.3 is 12.1 Å². The van der Waals surface area contributed by atoms with E-state index in [9.17, 15) is 27.2 Å². The zero-order chi connectivity index (χ0) is 29.3. The molecule has 0 spiro atoms. The maximum atomic E-state index is 14.7. The Hall–Kier alpha value is -4.14. The number of para-hydroxylation sites is 1. The lowest BCUT2D eigenvalue weighted by Crippen LogP contribution is -2.38. The van der Waals surface area contributed by atoms with Gasteiger partial charge in [0.2, 0.25) is 0 Å². The second-order valence-electron chi connectivity index (χ2n) is 10.6. The van der Waals surface area contributed by atoms with Crippen molar-refractivity contribution in [3.63, 3.8) is 0 Å². The number of aromatic nitrogens is 1. The summed E-state index contributed by atoms with van der Waals surface area (Å²) in [6.45, 7) is 4.63. The Bertz CT molecular complexity index is 1570. The van der Waals surface area contributed by atoms with Crippen molar-refractivity contribution in [2.24, 2.45) is 0 Å². The number of carbonyl (C=O) groups is 2.